The van der Waals surface area contributed by atoms with E-state index in [-0.39, 0.29) is 22.8 Å². The molecule has 1 aliphatic rings. The highest BCUT2D eigenvalue weighted by Crippen LogP contribution is 2.43. The van der Waals surface area contributed by atoms with Crippen molar-refractivity contribution in [2.75, 3.05) is 5.75 Å². The summed E-state index contributed by atoms with van der Waals surface area (Å²) in [6.45, 7) is 0.263. The van der Waals surface area contributed by atoms with Gasteiger partial charge in [0.2, 0.25) is 0 Å². The number of fused-ring (bicyclic) bond motifs is 1. The molecule has 2 aromatic rings. The number of amidine groups is 2. The fourth-order valence-corrected chi connectivity index (χ4v) is 3.65. The smallest absolute Gasteiger partial charge is 0.313 e. The van der Waals surface area contributed by atoms with E-state index >= 15 is 0 Å². The molecule has 5 nitrogen and oxygen atoms in total. The SMILES string of the molecule is N=C(Cl)N(Cc1ccc(C2CC2)c2ccccc12)C(=N)SCC(=O)O. The van der Waals surface area contributed by atoms with Crippen LogP contribution in [0.3, 0.4) is 0 Å². The van der Waals surface area contributed by atoms with E-state index in [1.54, 1.807) is 0 Å². The summed E-state index contributed by atoms with van der Waals surface area (Å²) in [7, 11) is 0. The number of hydrogen-bond donors (Lipinski definition) is 3. The Balaban J connectivity index is 1.90. The minimum atomic E-state index is -1.00. The molecule has 0 saturated heterocycles. The second kappa shape index (κ2) is 7.45. The van der Waals surface area contributed by atoms with E-state index in [9.17, 15) is 4.79 Å². The number of rotatable bonds is 5. The van der Waals surface area contributed by atoms with Crippen LogP contribution in [0, 0.1) is 10.8 Å². The molecule has 1 fully saturated rings. The van der Waals surface area contributed by atoms with Gasteiger partial charge in [-0.2, -0.15) is 0 Å². The lowest BCUT2D eigenvalue weighted by Gasteiger charge is -2.23. The third-order valence-electron chi connectivity index (χ3n) is 4.21. The molecule has 0 aromatic heterocycles. The Hall–Kier alpha value is -2.05. The van der Waals surface area contributed by atoms with E-state index in [4.69, 9.17) is 27.5 Å². The van der Waals surface area contributed by atoms with Crippen LogP contribution in [0.15, 0.2) is 36.4 Å². The Morgan fingerprint density at radius 3 is 2.48 bits per heavy atom. The largest absolute Gasteiger partial charge is 0.481 e. The van der Waals surface area contributed by atoms with Crippen molar-refractivity contribution in [3.05, 3.63) is 47.5 Å². The van der Waals surface area contributed by atoms with Crippen molar-refractivity contribution >= 4 is 50.6 Å². The summed E-state index contributed by atoms with van der Waals surface area (Å²) in [4.78, 5) is 12.0. The highest BCUT2D eigenvalue weighted by Gasteiger charge is 2.26. The molecule has 0 radical (unpaired) electrons. The number of nitrogens with one attached hydrogen (secondary N) is 2. The first-order valence-corrected chi connectivity index (χ1v) is 9.29. The van der Waals surface area contributed by atoms with E-state index in [0.29, 0.717) is 5.92 Å². The molecule has 3 N–H and O–H groups in total. The number of carboxylic acid groups (broad SMARTS) is 1. The van der Waals surface area contributed by atoms with Crippen molar-refractivity contribution in [3.8, 4) is 0 Å². The van der Waals surface area contributed by atoms with Gasteiger partial charge >= 0.3 is 5.97 Å². The Labute approximate surface area is 155 Å². The van der Waals surface area contributed by atoms with Gasteiger partial charge in [-0.1, -0.05) is 48.2 Å². The lowest BCUT2D eigenvalue weighted by Crippen LogP contribution is -2.31. The zero-order valence-corrected chi connectivity index (χ0v) is 15.0. The van der Waals surface area contributed by atoms with Crippen molar-refractivity contribution in [1.82, 2.24) is 4.90 Å². The normalized spacial score (nSPS) is 13.6. The molecular formula is C18H18ClN3O2S. The van der Waals surface area contributed by atoms with Crippen LogP contribution in [-0.2, 0) is 11.3 Å². The number of aliphatic carboxylic acids is 1. The van der Waals surface area contributed by atoms with Crippen molar-refractivity contribution in [2.24, 2.45) is 0 Å². The molecule has 3 rings (SSSR count). The van der Waals surface area contributed by atoms with Gasteiger partial charge in [-0.3, -0.25) is 20.5 Å². The van der Waals surface area contributed by atoms with Gasteiger partial charge in [0.15, 0.2) is 10.5 Å². The Bertz CT molecular complexity index is 851. The number of halogens is 1. The van der Waals surface area contributed by atoms with Crippen molar-refractivity contribution in [2.45, 2.75) is 25.3 Å². The molecule has 2 aromatic carbocycles. The number of nitrogens with zero attached hydrogens (tertiary/aromatic N) is 1. The molecular weight excluding hydrogens is 358 g/mol. The average Bonchev–Trinajstić information content (AvgIpc) is 3.42. The van der Waals surface area contributed by atoms with Gasteiger partial charge in [-0.15, -0.1) is 0 Å². The third kappa shape index (κ3) is 4.14. The second-order valence-electron chi connectivity index (χ2n) is 6.00. The van der Waals surface area contributed by atoms with Crippen LogP contribution < -0.4 is 0 Å². The van der Waals surface area contributed by atoms with Gasteiger partial charge < -0.3 is 5.11 Å². The molecule has 0 aliphatic heterocycles. The third-order valence-corrected chi connectivity index (χ3v) is 5.30. The number of carboxylic acids is 1. The summed E-state index contributed by atoms with van der Waals surface area (Å²) in [5.74, 6) is -0.609. The van der Waals surface area contributed by atoms with Gasteiger partial charge in [-0.25, -0.2) is 0 Å². The van der Waals surface area contributed by atoms with Crippen LogP contribution in [0.1, 0.15) is 29.9 Å². The quantitative estimate of drug-likeness (QED) is 0.409. The zero-order chi connectivity index (χ0) is 18.0. The molecule has 0 heterocycles. The monoisotopic (exact) mass is 375 g/mol. The maximum atomic E-state index is 10.7. The van der Waals surface area contributed by atoms with Gasteiger partial charge in [0, 0.05) is 0 Å². The number of thioether (sulfide) groups is 1. The van der Waals surface area contributed by atoms with E-state index < -0.39 is 5.97 Å². The minimum Gasteiger partial charge on any atom is -0.481 e. The molecule has 0 bridgehead atoms. The second-order valence-corrected chi connectivity index (χ2v) is 7.32. The predicted octanol–water partition coefficient (Wildman–Crippen LogP) is 4.45. The van der Waals surface area contributed by atoms with Crippen LogP contribution >= 0.6 is 23.4 Å². The maximum Gasteiger partial charge on any atom is 0.313 e. The van der Waals surface area contributed by atoms with E-state index in [2.05, 4.69) is 12.1 Å². The average molecular weight is 376 g/mol. The summed E-state index contributed by atoms with van der Waals surface area (Å²) >= 11 is 6.70. The molecule has 130 valence electrons. The first kappa shape index (κ1) is 17.8. The maximum absolute atomic E-state index is 10.7. The van der Waals surface area contributed by atoms with Gasteiger partial charge in [0.25, 0.3) is 0 Å². The Morgan fingerprint density at radius 1 is 1.20 bits per heavy atom. The molecule has 1 aliphatic carbocycles. The van der Waals surface area contributed by atoms with Crippen molar-refractivity contribution < 1.29 is 9.90 Å². The number of hydrogen-bond acceptors (Lipinski definition) is 4. The fourth-order valence-electron chi connectivity index (χ4n) is 2.88. The lowest BCUT2D eigenvalue weighted by atomic mass is 9.97. The van der Waals surface area contributed by atoms with Crippen LogP contribution in [0.2, 0.25) is 0 Å². The van der Waals surface area contributed by atoms with Gasteiger partial charge in [0.05, 0.1) is 12.3 Å². The molecule has 0 atom stereocenters. The van der Waals surface area contributed by atoms with E-state index in [0.717, 1.165) is 22.7 Å². The van der Waals surface area contributed by atoms with Crippen LogP contribution in [-0.4, -0.2) is 32.2 Å². The molecule has 25 heavy (non-hydrogen) atoms. The summed E-state index contributed by atoms with van der Waals surface area (Å²) in [6.07, 6.45) is 2.44. The molecule has 0 spiro atoms. The lowest BCUT2D eigenvalue weighted by molar-refractivity contribution is -0.133. The van der Waals surface area contributed by atoms with E-state index in [1.807, 2.05) is 24.3 Å². The van der Waals surface area contributed by atoms with Crippen LogP contribution in [0.4, 0.5) is 0 Å². The molecule has 0 unspecified atom stereocenters. The topological polar surface area (TPSA) is 88.2 Å². The van der Waals surface area contributed by atoms with Crippen LogP contribution in [0.5, 0.6) is 0 Å². The Morgan fingerprint density at radius 2 is 1.88 bits per heavy atom. The summed E-state index contributed by atoms with van der Waals surface area (Å²) in [5, 5.41) is 26.5. The fraction of sp³-hybridized carbons (Fsp3) is 0.278. The highest BCUT2D eigenvalue weighted by atomic mass is 35.5. The van der Waals surface area contributed by atoms with E-state index in [1.165, 1.54) is 28.7 Å². The first-order valence-electron chi connectivity index (χ1n) is 7.92. The Kier molecular flexibility index (Phi) is 5.30. The zero-order valence-electron chi connectivity index (χ0n) is 13.5. The molecule has 1 saturated carbocycles. The van der Waals surface area contributed by atoms with Crippen LogP contribution in [0.25, 0.3) is 10.8 Å². The minimum absolute atomic E-state index is 0.0437. The van der Waals surface area contributed by atoms with Gasteiger partial charge in [-0.05, 0) is 52.3 Å². The molecule has 0 amide bonds. The molecule has 7 heteroatoms. The predicted molar refractivity (Wildman–Crippen MR) is 103 cm³/mol. The number of carbonyl (C=O) groups is 1. The number of benzene rings is 2. The highest BCUT2D eigenvalue weighted by molar-refractivity contribution is 8.14. The standard InChI is InChI=1S/C18H18ClN3O2S/c19-17(20)22(18(21)25-10-16(23)24)9-12-7-8-14(11-5-6-11)15-4-2-1-3-13(12)15/h1-4,7-8,11,20-21H,5-6,9-10H2,(H,23,24). The first-order chi connectivity index (χ1) is 12.0. The van der Waals surface area contributed by atoms with Crippen molar-refractivity contribution in [1.29, 1.82) is 10.8 Å². The summed E-state index contributed by atoms with van der Waals surface area (Å²) < 4.78 is 0. The van der Waals surface area contributed by atoms with Crippen molar-refractivity contribution in [3.63, 3.8) is 0 Å². The van der Waals surface area contributed by atoms with Gasteiger partial charge in [0.1, 0.15) is 0 Å². The summed E-state index contributed by atoms with van der Waals surface area (Å²) in [6, 6.07) is 12.3. The summed E-state index contributed by atoms with van der Waals surface area (Å²) in [5.41, 5.74) is 2.31.